The Balaban J connectivity index is 1.67. The van der Waals surface area contributed by atoms with Crippen LogP contribution in [0, 0.1) is 0 Å². The zero-order valence-corrected chi connectivity index (χ0v) is 21.4. The molecule has 0 spiro atoms. The number of benzene rings is 3. The monoisotopic (exact) mass is 538 g/mol. The molecule has 9 heteroatoms. The molecule has 0 radical (unpaired) electrons. The summed E-state index contributed by atoms with van der Waals surface area (Å²) in [6.45, 7) is 2.59. The van der Waals surface area contributed by atoms with E-state index < -0.39 is 17.7 Å². The molecule has 5 rings (SSSR count). The largest absolute Gasteiger partial charge is 0.507 e. The summed E-state index contributed by atoms with van der Waals surface area (Å²) in [6.07, 6.45) is 0.866. The summed E-state index contributed by atoms with van der Waals surface area (Å²) in [6, 6.07) is 17.9. The quantitative estimate of drug-likeness (QED) is 0.162. The number of amides is 1. The number of carbonyl (C=O) groups is 2. The minimum atomic E-state index is -0.892. The van der Waals surface area contributed by atoms with Gasteiger partial charge in [-0.05, 0) is 66.6 Å². The van der Waals surface area contributed by atoms with E-state index >= 15 is 0 Å². The molecule has 6 nitrogen and oxygen atoms in total. The topological polar surface area (TPSA) is 79.7 Å². The molecule has 1 unspecified atom stereocenters. The zero-order valence-electron chi connectivity index (χ0n) is 19.1. The number of aliphatic hydroxyl groups excluding tert-OH is 1. The summed E-state index contributed by atoms with van der Waals surface area (Å²) in [4.78, 5) is 32.6. The van der Waals surface area contributed by atoms with Crippen molar-refractivity contribution in [2.75, 3.05) is 11.5 Å². The second kappa shape index (κ2) is 9.93. The fourth-order valence-corrected chi connectivity index (χ4v) is 5.46. The normalized spacial score (nSPS) is 17.2. The molecule has 1 amide bonds. The highest BCUT2D eigenvalue weighted by molar-refractivity contribution is 7.22. The Morgan fingerprint density at radius 2 is 1.72 bits per heavy atom. The molecule has 3 aromatic carbocycles. The van der Waals surface area contributed by atoms with Crippen molar-refractivity contribution in [1.29, 1.82) is 0 Å². The molecule has 1 aliphatic rings. The lowest BCUT2D eigenvalue weighted by Gasteiger charge is -2.23. The maximum absolute atomic E-state index is 13.4. The predicted molar refractivity (Wildman–Crippen MR) is 143 cm³/mol. The van der Waals surface area contributed by atoms with Gasteiger partial charge >= 0.3 is 5.91 Å². The summed E-state index contributed by atoms with van der Waals surface area (Å²) in [5.74, 6) is -1.18. The fourth-order valence-electron chi connectivity index (χ4n) is 4.06. The lowest BCUT2D eigenvalue weighted by Crippen LogP contribution is -2.29. The molecule has 4 aromatic rings. The summed E-state index contributed by atoms with van der Waals surface area (Å²) in [7, 11) is 0. The van der Waals surface area contributed by atoms with Crippen LogP contribution in [0.3, 0.4) is 0 Å². The first-order chi connectivity index (χ1) is 17.4. The second-order valence-corrected chi connectivity index (χ2v) is 10.1. The standard InChI is InChI=1S/C27H20Cl2N2O4S/c1-2-13-35-19-10-5-15(6-11-19)23-22(24(32)16-3-7-17(28)8-4-16)25(33)26(34)31(23)27-30-20-12-9-18(29)14-21(20)36-27/h3-12,14,23,32H,2,13H2,1H3. The first-order valence-corrected chi connectivity index (χ1v) is 12.8. The Labute approximate surface area is 221 Å². The number of anilines is 1. The number of thiazole rings is 1. The molecular formula is C27H20Cl2N2O4S. The van der Waals surface area contributed by atoms with Crippen LogP contribution in [0.5, 0.6) is 5.75 Å². The van der Waals surface area contributed by atoms with Crippen molar-refractivity contribution in [2.24, 2.45) is 0 Å². The highest BCUT2D eigenvalue weighted by atomic mass is 35.5. The van der Waals surface area contributed by atoms with Crippen LogP contribution >= 0.6 is 34.5 Å². The van der Waals surface area contributed by atoms with Gasteiger partial charge in [-0.25, -0.2) is 4.98 Å². The average molecular weight is 539 g/mol. The first-order valence-electron chi connectivity index (χ1n) is 11.2. The van der Waals surface area contributed by atoms with Gasteiger partial charge in [0, 0.05) is 15.6 Å². The number of ether oxygens (including phenoxy) is 1. The zero-order chi connectivity index (χ0) is 25.4. The Morgan fingerprint density at radius 3 is 2.42 bits per heavy atom. The second-order valence-electron chi connectivity index (χ2n) is 8.20. The Morgan fingerprint density at radius 1 is 1.03 bits per heavy atom. The van der Waals surface area contributed by atoms with Crippen molar-refractivity contribution >= 4 is 67.3 Å². The van der Waals surface area contributed by atoms with E-state index in [1.54, 1.807) is 66.7 Å². The van der Waals surface area contributed by atoms with Crippen molar-refractivity contribution < 1.29 is 19.4 Å². The minimum absolute atomic E-state index is 0.0261. The molecule has 36 heavy (non-hydrogen) atoms. The number of aromatic nitrogens is 1. The van der Waals surface area contributed by atoms with Crippen LogP contribution in [-0.2, 0) is 9.59 Å². The number of hydrogen-bond donors (Lipinski definition) is 1. The van der Waals surface area contributed by atoms with Crippen LogP contribution in [0.4, 0.5) is 5.13 Å². The number of nitrogens with zero attached hydrogens (tertiary/aromatic N) is 2. The van der Waals surface area contributed by atoms with Gasteiger partial charge in [0.05, 0.1) is 28.4 Å². The number of carbonyl (C=O) groups excluding carboxylic acids is 2. The van der Waals surface area contributed by atoms with Crippen molar-refractivity contribution in [1.82, 2.24) is 4.98 Å². The highest BCUT2D eigenvalue weighted by Gasteiger charge is 2.48. The van der Waals surface area contributed by atoms with Crippen molar-refractivity contribution in [2.45, 2.75) is 19.4 Å². The molecule has 0 bridgehead atoms. The molecule has 2 heterocycles. The van der Waals surface area contributed by atoms with Gasteiger partial charge in [-0.2, -0.15) is 0 Å². The third-order valence-corrected chi connectivity index (χ3v) is 7.28. The summed E-state index contributed by atoms with van der Waals surface area (Å²) >= 11 is 13.4. The van der Waals surface area contributed by atoms with Gasteiger partial charge in [-0.15, -0.1) is 0 Å². The SMILES string of the molecule is CCCOc1ccc(C2C(=C(O)c3ccc(Cl)cc3)C(=O)C(=O)N2c2nc3ccc(Cl)cc3s2)cc1. The molecule has 1 fully saturated rings. The maximum atomic E-state index is 13.4. The predicted octanol–water partition coefficient (Wildman–Crippen LogP) is 7.02. The molecular weight excluding hydrogens is 519 g/mol. The number of fused-ring (bicyclic) bond motifs is 1. The first kappa shape index (κ1) is 24.3. The molecule has 1 aliphatic heterocycles. The minimum Gasteiger partial charge on any atom is -0.507 e. The Kier molecular flexibility index (Phi) is 6.71. The number of Topliss-reactive ketones (excluding diaryl/α,β-unsaturated/α-hetero) is 1. The summed E-state index contributed by atoms with van der Waals surface area (Å²) in [5, 5.41) is 12.6. The number of rotatable bonds is 6. The van der Waals surface area contributed by atoms with Crippen molar-refractivity contribution in [3.63, 3.8) is 0 Å². The van der Waals surface area contributed by atoms with Crippen LogP contribution in [-0.4, -0.2) is 28.4 Å². The van der Waals surface area contributed by atoms with E-state index in [2.05, 4.69) is 4.98 Å². The van der Waals surface area contributed by atoms with Gasteiger partial charge in [0.2, 0.25) is 0 Å². The number of ketones is 1. The van der Waals surface area contributed by atoms with Gasteiger partial charge < -0.3 is 9.84 Å². The van der Waals surface area contributed by atoms with Gasteiger partial charge in [0.1, 0.15) is 11.5 Å². The number of aliphatic hydroxyl groups is 1. The summed E-state index contributed by atoms with van der Waals surface area (Å²) < 4.78 is 6.47. The lowest BCUT2D eigenvalue weighted by atomic mass is 9.95. The summed E-state index contributed by atoms with van der Waals surface area (Å²) in [5.41, 5.74) is 1.63. The third kappa shape index (κ3) is 4.46. The molecule has 0 saturated carbocycles. The Bertz CT molecular complexity index is 1500. The molecule has 1 atom stereocenters. The van der Waals surface area contributed by atoms with Gasteiger partial charge in [-0.3, -0.25) is 14.5 Å². The van der Waals surface area contributed by atoms with Gasteiger partial charge in [-0.1, -0.05) is 53.6 Å². The Hall–Kier alpha value is -3.39. The van der Waals surface area contributed by atoms with E-state index in [9.17, 15) is 14.7 Å². The number of hydrogen-bond acceptors (Lipinski definition) is 6. The van der Waals surface area contributed by atoms with E-state index in [1.165, 1.54) is 16.2 Å². The molecule has 1 aromatic heterocycles. The highest BCUT2D eigenvalue weighted by Crippen LogP contribution is 2.44. The van der Waals surface area contributed by atoms with Gasteiger partial charge in [0.15, 0.2) is 5.13 Å². The average Bonchev–Trinajstić information content (AvgIpc) is 3.40. The fraction of sp³-hybridized carbons (Fsp3) is 0.148. The van der Waals surface area contributed by atoms with Crippen LogP contribution < -0.4 is 9.64 Å². The van der Waals surface area contributed by atoms with Crippen molar-refractivity contribution in [3.8, 4) is 5.75 Å². The van der Waals surface area contributed by atoms with E-state index in [-0.39, 0.29) is 11.3 Å². The third-order valence-electron chi connectivity index (χ3n) is 5.78. The van der Waals surface area contributed by atoms with Crippen LogP contribution in [0.1, 0.15) is 30.5 Å². The maximum Gasteiger partial charge on any atom is 0.301 e. The molecule has 0 aliphatic carbocycles. The van der Waals surface area contributed by atoms with E-state index in [0.717, 1.165) is 11.1 Å². The molecule has 1 saturated heterocycles. The van der Waals surface area contributed by atoms with E-state index in [1.807, 2.05) is 6.92 Å². The molecule has 1 N–H and O–H groups in total. The van der Waals surface area contributed by atoms with Crippen LogP contribution in [0.25, 0.3) is 16.0 Å². The molecule has 182 valence electrons. The van der Waals surface area contributed by atoms with Crippen molar-refractivity contribution in [3.05, 3.63) is 93.5 Å². The van der Waals surface area contributed by atoms with E-state index in [0.29, 0.717) is 44.2 Å². The smallest absolute Gasteiger partial charge is 0.301 e. The van der Waals surface area contributed by atoms with E-state index in [4.69, 9.17) is 27.9 Å². The van der Waals surface area contributed by atoms with Crippen LogP contribution in [0.2, 0.25) is 10.0 Å². The van der Waals surface area contributed by atoms with Crippen LogP contribution in [0.15, 0.2) is 72.3 Å². The van der Waals surface area contributed by atoms with Gasteiger partial charge in [0.25, 0.3) is 5.78 Å². The lowest BCUT2D eigenvalue weighted by molar-refractivity contribution is -0.132. The number of halogens is 2.